The van der Waals surface area contributed by atoms with Crippen LogP contribution < -0.4 is 4.74 Å². The normalized spacial score (nSPS) is 14.3. The zero-order valence-corrected chi connectivity index (χ0v) is 23.8. The van der Waals surface area contributed by atoms with Gasteiger partial charge in [-0.2, -0.15) is 13.1 Å². The maximum Gasteiger partial charge on any atom is 0.399 e. The SMILES string of the molecule is COc1ccccc1S(=O)(=O)N(Cc1ccc(C(F)(F)P(=O)(O)O)c(Cl)c1)Cc1ccccc1C1=CCCC=C1. The van der Waals surface area contributed by atoms with Crippen LogP contribution in [0.4, 0.5) is 8.78 Å². The summed E-state index contributed by atoms with van der Waals surface area (Å²) >= 11 is 6.04. The maximum absolute atomic E-state index is 14.3. The fourth-order valence-corrected chi connectivity index (χ4v) is 6.86. The van der Waals surface area contributed by atoms with Crippen LogP contribution in [0.2, 0.25) is 5.02 Å². The second-order valence-corrected chi connectivity index (χ2v) is 13.1. The number of sulfonamides is 1. The van der Waals surface area contributed by atoms with Crippen LogP contribution >= 0.6 is 19.2 Å². The molecular weight excluding hydrogens is 583 g/mol. The molecule has 0 bridgehead atoms. The van der Waals surface area contributed by atoms with Gasteiger partial charge in [-0.1, -0.05) is 78.4 Å². The third-order valence-corrected chi connectivity index (χ3v) is 9.56. The van der Waals surface area contributed by atoms with Crippen molar-refractivity contribution < 1.29 is 36.3 Å². The number of hydrogen-bond donors (Lipinski definition) is 2. The Labute approximate surface area is 236 Å². The number of para-hydroxylation sites is 1. The van der Waals surface area contributed by atoms with Crippen molar-refractivity contribution in [2.24, 2.45) is 0 Å². The Morgan fingerprint density at radius 2 is 1.73 bits per heavy atom. The molecule has 0 spiro atoms. The van der Waals surface area contributed by atoms with Gasteiger partial charge in [0.15, 0.2) is 0 Å². The van der Waals surface area contributed by atoms with Crippen LogP contribution in [0.25, 0.3) is 5.57 Å². The highest BCUT2D eigenvalue weighted by Gasteiger charge is 2.51. The first kappa shape index (κ1) is 30.1. The van der Waals surface area contributed by atoms with Crippen LogP contribution in [0.15, 0.2) is 89.9 Å². The molecule has 0 amide bonds. The van der Waals surface area contributed by atoms with Crippen LogP contribution in [0.1, 0.15) is 35.1 Å². The smallest absolute Gasteiger partial charge is 0.399 e. The van der Waals surface area contributed by atoms with Gasteiger partial charge in [-0.15, -0.1) is 0 Å². The number of hydrogen-bond acceptors (Lipinski definition) is 4. The van der Waals surface area contributed by atoms with Crippen molar-refractivity contribution in [1.29, 1.82) is 0 Å². The monoisotopic (exact) mass is 609 g/mol. The molecule has 2 N–H and O–H groups in total. The minimum Gasteiger partial charge on any atom is -0.495 e. The van der Waals surface area contributed by atoms with Gasteiger partial charge in [-0.25, -0.2) is 8.42 Å². The van der Waals surface area contributed by atoms with E-state index >= 15 is 0 Å². The summed E-state index contributed by atoms with van der Waals surface area (Å²) in [7, 11) is -8.70. The molecule has 0 saturated carbocycles. The van der Waals surface area contributed by atoms with E-state index in [1.54, 1.807) is 18.2 Å². The van der Waals surface area contributed by atoms with E-state index in [-0.39, 0.29) is 29.3 Å². The topological polar surface area (TPSA) is 104 Å². The van der Waals surface area contributed by atoms with Crippen molar-refractivity contribution in [3.8, 4) is 5.75 Å². The lowest BCUT2D eigenvalue weighted by atomic mass is 9.95. The maximum atomic E-state index is 14.3. The lowest BCUT2D eigenvalue weighted by Gasteiger charge is -2.25. The highest BCUT2D eigenvalue weighted by atomic mass is 35.5. The highest BCUT2D eigenvalue weighted by Crippen LogP contribution is 2.60. The minimum atomic E-state index is -5.85. The Morgan fingerprint density at radius 3 is 2.38 bits per heavy atom. The molecule has 0 radical (unpaired) electrons. The predicted octanol–water partition coefficient (Wildman–Crippen LogP) is 6.70. The van der Waals surface area contributed by atoms with E-state index in [1.807, 2.05) is 30.4 Å². The highest BCUT2D eigenvalue weighted by molar-refractivity contribution is 7.89. The van der Waals surface area contributed by atoms with Crippen molar-refractivity contribution in [1.82, 2.24) is 4.31 Å². The molecular formula is C28H27ClF2NO6PS. The molecule has 1 aliphatic rings. The zero-order chi connectivity index (χ0) is 29.1. The van der Waals surface area contributed by atoms with Crippen molar-refractivity contribution in [3.05, 3.63) is 112 Å². The molecule has 1 aliphatic carbocycles. The summed E-state index contributed by atoms with van der Waals surface area (Å²) in [6, 6.07) is 16.6. The molecule has 0 heterocycles. The van der Waals surface area contributed by atoms with Crippen LogP contribution in [-0.2, 0) is 33.3 Å². The Bertz CT molecular complexity index is 1620. The minimum absolute atomic E-state index is 0.0697. The molecule has 0 saturated heterocycles. The molecule has 0 atom stereocenters. The Kier molecular flexibility index (Phi) is 8.99. The van der Waals surface area contributed by atoms with Gasteiger partial charge in [-0.3, -0.25) is 4.57 Å². The molecule has 3 aromatic rings. The number of alkyl halides is 2. The van der Waals surface area contributed by atoms with Crippen LogP contribution in [0.5, 0.6) is 5.75 Å². The molecule has 4 rings (SSSR count). The van der Waals surface area contributed by atoms with Gasteiger partial charge in [0.2, 0.25) is 10.0 Å². The molecule has 40 heavy (non-hydrogen) atoms. The first-order chi connectivity index (χ1) is 18.9. The molecule has 0 aromatic heterocycles. The quantitative estimate of drug-likeness (QED) is 0.248. The Balaban J connectivity index is 1.79. The molecule has 0 unspecified atom stereocenters. The van der Waals surface area contributed by atoms with Gasteiger partial charge in [0, 0.05) is 13.1 Å². The average molecular weight is 610 g/mol. The number of ether oxygens (including phenoxy) is 1. The van der Waals surface area contributed by atoms with E-state index in [1.165, 1.54) is 29.6 Å². The summed E-state index contributed by atoms with van der Waals surface area (Å²) < 4.78 is 74.6. The largest absolute Gasteiger partial charge is 0.495 e. The number of nitrogens with zero attached hydrogens (tertiary/aromatic N) is 1. The third-order valence-electron chi connectivity index (χ3n) is 6.44. The summed E-state index contributed by atoms with van der Waals surface area (Å²) in [5.74, 6) is 0.133. The molecule has 0 aliphatic heterocycles. The Morgan fingerprint density at radius 1 is 1.02 bits per heavy atom. The zero-order valence-electron chi connectivity index (χ0n) is 21.4. The molecule has 0 fully saturated rings. The molecule has 7 nitrogen and oxygen atoms in total. The second-order valence-electron chi connectivity index (χ2n) is 9.12. The summed E-state index contributed by atoms with van der Waals surface area (Å²) in [6.45, 7) is -0.342. The average Bonchev–Trinajstić information content (AvgIpc) is 2.92. The fraction of sp³-hybridized carbons (Fsp3) is 0.214. The number of benzene rings is 3. The van der Waals surface area contributed by atoms with E-state index in [0.29, 0.717) is 0 Å². The first-order valence-corrected chi connectivity index (χ1v) is 15.6. The summed E-state index contributed by atoms with van der Waals surface area (Å²) in [4.78, 5) is 18.1. The summed E-state index contributed by atoms with van der Waals surface area (Å²) in [5, 5.41) is -0.599. The van der Waals surface area contributed by atoms with Gasteiger partial charge in [0.05, 0.1) is 17.7 Å². The second kappa shape index (κ2) is 11.9. The first-order valence-electron chi connectivity index (χ1n) is 12.2. The van der Waals surface area contributed by atoms with E-state index in [4.69, 9.17) is 26.1 Å². The van der Waals surface area contributed by atoms with Gasteiger partial charge in [0.1, 0.15) is 10.6 Å². The van der Waals surface area contributed by atoms with Crippen molar-refractivity contribution >= 4 is 34.8 Å². The van der Waals surface area contributed by atoms with E-state index in [2.05, 4.69) is 6.08 Å². The van der Waals surface area contributed by atoms with E-state index < -0.39 is 33.9 Å². The number of halogens is 3. The number of allylic oxidation sites excluding steroid dienone is 4. The molecule has 12 heteroatoms. The number of rotatable bonds is 10. The molecule has 212 valence electrons. The Hall–Kier alpha value is -2.85. The number of methoxy groups -OCH3 is 1. The fourth-order valence-electron chi connectivity index (χ4n) is 4.40. The lowest BCUT2D eigenvalue weighted by molar-refractivity contribution is 0.0565. The van der Waals surface area contributed by atoms with Crippen molar-refractivity contribution in [2.75, 3.05) is 7.11 Å². The van der Waals surface area contributed by atoms with Crippen molar-refractivity contribution in [2.45, 2.75) is 36.5 Å². The standard InChI is InChI=1S/C28H27ClF2NO6PS/c1-38-26-13-7-8-14-27(26)40(36,37)32(19-22-11-5-6-12-23(22)21-9-3-2-4-10-21)18-20-15-16-24(25(29)17-20)28(30,31)39(33,34)35/h3,5-17H,2,4,18-19H2,1H3,(H2,33,34,35). The van der Waals surface area contributed by atoms with Gasteiger partial charge >= 0.3 is 13.3 Å². The van der Waals surface area contributed by atoms with Gasteiger partial charge in [-0.05, 0) is 53.3 Å². The predicted molar refractivity (Wildman–Crippen MR) is 150 cm³/mol. The summed E-state index contributed by atoms with van der Waals surface area (Å²) in [6.07, 6.45) is 7.89. The van der Waals surface area contributed by atoms with Crippen LogP contribution in [0, 0.1) is 0 Å². The van der Waals surface area contributed by atoms with E-state index in [0.717, 1.165) is 41.7 Å². The van der Waals surface area contributed by atoms with Gasteiger partial charge < -0.3 is 14.5 Å². The van der Waals surface area contributed by atoms with Gasteiger partial charge in [0.25, 0.3) is 0 Å². The third kappa shape index (κ3) is 6.22. The van der Waals surface area contributed by atoms with Crippen molar-refractivity contribution in [3.63, 3.8) is 0 Å². The van der Waals surface area contributed by atoms with Crippen LogP contribution in [0.3, 0.4) is 0 Å². The molecule has 3 aromatic carbocycles. The van der Waals surface area contributed by atoms with E-state index in [9.17, 15) is 21.8 Å². The summed E-state index contributed by atoms with van der Waals surface area (Å²) in [5.41, 5.74) is -2.78. The lowest BCUT2D eigenvalue weighted by Crippen LogP contribution is -2.31. The van der Waals surface area contributed by atoms with Crippen LogP contribution in [-0.4, -0.2) is 29.6 Å².